The number of hydrogen-bond acceptors (Lipinski definition) is 2. The highest BCUT2D eigenvalue weighted by molar-refractivity contribution is 5.78. The number of H-pyrrole nitrogens is 1. The Bertz CT molecular complexity index is 647. The predicted molar refractivity (Wildman–Crippen MR) is 84.0 cm³/mol. The molecule has 0 bridgehead atoms. The number of imidazole rings is 1. The molecule has 4 heteroatoms. The van der Waals surface area contributed by atoms with Crippen molar-refractivity contribution < 1.29 is 4.79 Å². The first-order chi connectivity index (χ1) is 10.2. The van der Waals surface area contributed by atoms with Gasteiger partial charge in [-0.3, -0.25) is 4.79 Å². The zero-order chi connectivity index (χ0) is 14.8. The first kappa shape index (κ1) is 14.1. The maximum Gasteiger partial charge on any atom is 0.223 e. The molecule has 1 amide bonds. The van der Waals surface area contributed by atoms with Crippen LogP contribution < -0.4 is 0 Å². The van der Waals surface area contributed by atoms with Gasteiger partial charge in [0, 0.05) is 13.0 Å². The molecule has 3 rings (SSSR count). The molecular formula is C17H23N3O. The van der Waals surface area contributed by atoms with Crippen LogP contribution in [0.3, 0.4) is 0 Å². The molecule has 112 valence electrons. The van der Waals surface area contributed by atoms with Crippen LogP contribution in [0.4, 0.5) is 0 Å². The van der Waals surface area contributed by atoms with Gasteiger partial charge in [0.25, 0.3) is 0 Å². The first-order valence-electron chi connectivity index (χ1n) is 7.94. The van der Waals surface area contributed by atoms with Crippen molar-refractivity contribution in [3.8, 4) is 0 Å². The van der Waals surface area contributed by atoms with Gasteiger partial charge in [-0.1, -0.05) is 19.4 Å². The molecule has 1 saturated heterocycles. The van der Waals surface area contributed by atoms with Crippen molar-refractivity contribution in [3.63, 3.8) is 0 Å². The number of hydrogen-bond donors (Lipinski definition) is 1. The molecule has 21 heavy (non-hydrogen) atoms. The summed E-state index contributed by atoms with van der Waals surface area (Å²) in [4.78, 5) is 22.5. The number of carbonyl (C=O) groups excluding carboxylic acids is 1. The lowest BCUT2D eigenvalue weighted by Gasteiger charge is -2.23. The van der Waals surface area contributed by atoms with Crippen molar-refractivity contribution in [1.29, 1.82) is 0 Å². The standard InChI is InChI=1S/C17H23N3O/c1-3-4-7-16(21)20-10-5-6-15(20)17-18-13-9-8-12(2)11-14(13)19-17/h8-9,11,15H,3-7,10H2,1-2H3,(H,18,19). The van der Waals surface area contributed by atoms with Gasteiger partial charge in [0.15, 0.2) is 0 Å². The van der Waals surface area contributed by atoms with Crippen LogP contribution in [0.15, 0.2) is 18.2 Å². The number of rotatable bonds is 4. The third kappa shape index (κ3) is 2.80. The molecule has 1 aliphatic heterocycles. The van der Waals surface area contributed by atoms with Crippen LogP contribution in [0.25, 0.3) is 11.0 Å². The second kappa shape index (κ2) is 5.88. The Hall–Kier alpha value is -1.84. The van der Waals surface area contributed by atoms with E-state index < -0.39 is 0 Å². The molecular weight excluding hydrogens is 262 g/mol. The lowest BCUT2D eigenvalue weighted by atomic mass is 10.2. The van der Waals surface area contributed by atoms with Gasteiger partial charge >= 0.3 is 0 Å². The van der Waals surface area contributed by atoms with Gasteiger partial charge < -0.3 is 9.88 Å². The van der Waals surface area contributed by atoms with Crippen LogP contribution >= 0.6 is 0 Å². The van der Waals surface area contributed by atoms with Crippen LogP contribution in [-0.4, -0.2) is 27.3 Å². The van der Waals surface area contributed by atoms with E-state index >= 15 is 0 Å². The van der Waals surface area contributed by atoms with Crippen LogP contribution in [0.1, 0.15) is 56.5 Å². The van der Waals surface area contributed by atoms with Crippen LogP contribution in [-0.2, 0) is 4.79 Å². The molecule has 1 aromatic heterocycles. The number of aromatic amines is 1. The zero-order valence-corrected chi connectivity index (χ0v) is 12.9. The van der Waals surface area contributed by atoms with Crippen molar-refractivity contribution in [2.24, 2.45) is 0 Å². The number of aryl methyl sites for hydroxylation is 1. The summed E-state index contributed by atoms with van der Waals surface area (Å²) < 4.78 is 0. The summed E-state index contributed by atoms with van der Waals surface area (Å²) in [5, 5.41) is 0. The van der Waals surface area contributed by atoms with Crippen molar-refractivity contribution in [3.05, 3.63) is 29.6 Å². The second-order valence-corrected chi connectivity index (χ2v) is 5.99. The van der Waals surface area contributed by atoms with E-state index in [0.717, 1.165) is 49.1 Å². The molecule has 1 aliphatic rings. The summed E-state index contributed by atoms with van der Waals surface area (Å²) in [6, 6.07) is 6.36. The number of fused-ring (bicyclic) bond motifs is 1. The summed E-state index contributed by atoms with van der Waals surface area (Å²) in [5.41, 5.74) is 3.28. The Morgan fingerprint density at radius 3 is 3.14 bits per heavy atom. The number of aromatic nitrogens is 2. The number of likely N-dealkylation sites (tertiary alicyclic amines) is 1. The Morgan fingerprint density at radius 2 is 2.33 bits per heavy atom. The second-order valence-electron chi connectivity index (χ2n) is 5.99. The number of unbranched alkanes of at least 4 members (excludes halogenated alkanes) is 1. The molecule has 2 heterocycles. The van der Waals surface area contributed by atoms with Crippen LogP contribution in [0, 0.1) is 6.92 Å². The third-order valence-electron chi connectivity index (χ3n) is 4.29. The average Bonchev–Trinajstić information content (AvgIpc) is 3.09. The summed E-state index contributed by atoms with van der Waals surface area (Å²) in [5.74, 6) is 1.22. The number of nitrogens with zero attached hydrogens (tertiary/aromatic N) is 2. The van der Waals surface area contributed by atoms with Crippen molar-refractivity contribution in [2.45, 2.75) is 52.0 Å². The highest BCUT2D eigenvalue weighted by Gasteiger charge is 2.31. The molecule has 1 unspecified atom stereocenters. The maximum atomic E-state index is 12.3. The molecule has 1 fully saturated rings. The third-order valence-corrected chi connectivity index (χ3v) is 4.29. The molecule has 0 saturated carbocycles. The summed E-state index contributed by atoms with van der Waals surface area (Å²) in [6.07, 6.45) is 4.77. The van der Waals surface area contributed by atoms with E-state index in [1.165, 1.54) is 5.56 Å². The van der Waals surface area contributed by atoms with Gasteiger partial charge in [0.05, 0.1) is 17.1 Å². The van der Waals surface area contributed by atoms with Gasteiger partial charge in [0.2, 0.25) is 5.91 Å². The van der Waals surface area contributed by atoms with Gasteiger partial charge in [-0.25, -0.2) is 4.98 Å². The Kier molecular flexibility index (Phi) is 3.95. The molecule has 1 N–H and O–H groups in total. The maximum absolute atomic E-state index is 12.3. The predicted octanol–water partition coefficient (Wildman–Crippen LogP) is 3.73. The largest absolute Gasteiger partial charge is 0.340 e. The molecule has 1 aromatic carbocycles. The van der Waals surface area contributed by atoms with E-state index in [4.69, 9.17) is 4.98 Å². The Balaban J connectivity index is 1.84. The van der Waals surface area contributed by atoms with Gasteiger partial charge in [0.1, 0.15) is 5.82 Å². The lowest BCUT2D eigenvalue weighted by Crippen LogP contribution is -2.30. The average molecular weight is 285 g/mol. The molecule has 0 aliphatic carbocycles. The molecule has 0 spiro atoms. The fourth-order valence-corrected chi connectivity index (χ4v) is 3.12. The van der Waals surface area contributed by atoms with E-state index in [1.807, 2.05) is 11.0 Å². The summed E-state index contributed by atoms with van der Waals surface area (Å²) in [6.45, 7) is 5.07. The lowest BCUT2D eigenvalue weighted by molar-refractivity contribution is -0.132. The van der Waals surface area contributed by atoms with Crippen molar-refractivity contribution >= 4 is 16.9 Å². The minimum absolute atomic E-state index is 0.127. The highest BCUT2D eigenvalue weighted by Crippen LogP contribution is 2.32. The Labute approximate surface area is 125 Å². The fourth-order valence-electron chi connectivity index (χ4n) is 3.12. The van der Waals surface area contributed by atoms with E-state index in [1.54, 1.807) is 0 Å². The molecule has 0 radical (unpaired) electrons. The van der Waals surface area contributed by atoms with E-state index in [2.05, 4.69) is 31.0 Å². The molecule has 2 aromatic rings. The molecule has 4 nitrogen and oxygen atoms in total. The van der Waals surface area contributed by atoms with Crippen LogP contribution in [0.2, 0.25) is 0 Å². The van der Waals surface area contributed by atoms with E-state index in [0.29, 0.717) is 6.42 Å². The highest BCUT2D eigenvalue weighted by atomic mass is 16.2. The number of carbonyl (C=O) groups is 1. The van der Waals surface area contributed by atoms with E-state index in [9.17, 15) is 4.79 Å². The summed E-state index contributed by atoms with van der Waals surface area (Å²) >= 11 is 0. The quantitative estimate of drug-likeness (QED) is 0.930. The van der Waals surface area contributed by atoms with Gasteiger partial charge in [-0.05, 0) is 43.9 Å². The SMILES string of the molecule is CCCCC(=O)N1CCCC1c1nc2ccc(C)cc2[nH]1. The van der Waals surface area contributed by atoms with Gasteiger partial charge in [-0.2, -0.15) is 0 Å². The number of nitrogens with one attached hydrogen (secondary N) is 1. The first-order valence-corrected chi connectivity index (χ1v) is 7.94. The van der Waals surface area contributed by atoms with E-state index in [-0.39, 0.29) is 11.9 Å². The number of amides is 1. The molecule has 1 atom stereocenters. The van der Waals surface area contributed by atoms with Crippen LogP contribution in [0.5, 0.6) is 0 Å². The fraction of sp³-hybridized carbons (Fsp3) is 0.529. The van der Waals surface area contributed by atoms with Crippen molar-refractivity contribution in [2.75, 3.05) is 6.54 Å². The number of benzene rings is 1. The Morgan fingerprint density at radius 1 is 1.48 bits per heavy atom. The van der Waals surface area contributed by atoms with Gasteiger partial charge in [-0.15, -0.1) is 0 Å². The minimum atomic E-state index is 0.127. The minimum Gasteiger partial charge on any atom is -0.340 e. The monoisotopic (exact) mass is 285 g/mol. The zero-order valence-electron chi connectivity index (χ0n) is 12.9. The topological polar surface area (TPSA) is 49.0 Å². The smallest absolute Gasteiger partial charge is 0.223 e. The summed E-state index contributed by atoms with van der Waals surface area (Å²) in [7, 11) is 0. The van der Waals surface area contributed by atoms with Crippen molar-refractivity contribution in [1.82, 2.24) is 14.9 Å². The normalized spacial score (nSPS) is 18.6.